The van der Waals surface area contributed by atoms with Gasteiger partial charge in [-0.15, -0.1) is 12.4 Å². The van der Waals surface area contributed by atoms with E-state index in [9.17, 15) is 24.9 Å². The Hall–Kier alpha value is -2.69. The van der Waals surface area contributed by atoms with Crippen LogP contribution >= 0.6 is 12.4 Å². The van der Waals surface area contributed by atoms with Gasteiger partial charge in [-0.2, -0.15) is 0 Å². The number of aromatic hydroxyl groups is 1. The molecule has 1 aromatic heterocycles. The molecule has 0 saturated carbocycles. The van der Waals surface area contributed by atoms with Gasteiger partial charge in [-0.05, 0) is 29.8 Å². The summed E-state index contributed by atoms with van der Waals surface area (Å²) in [5.41, 5.74) is 8.01. The summed E-state index contributed by atoms with van der Waals surface area (Å²) >= 11 is 0. The smallest absolute Gasteiger partial charge is 0.259 e. The van der Waals surface area contributed by atoms with Crippen molar-refractivity contribution in [2.45, 2.75) is 30.8 Å². The number of carbonyl (C=O) groups excluding carboxylic acids is 2. The summed E-state index contributed by atoms with van der Waals surface area (Å²) in [5.74, 6) is -0.970. The van der Waals surface area contributed by atoms with Crippen molar-refractivity contribution in [2.24, 2.45) is 5.73 Å². The molecule has 2 aliphatic heterocycles. The molecule has 1 fully saturated rings. The Kier molecular flexibility index (Phi) is 4.95. The van der Waals surface area contributed by atoms with Gasteiger partial charge in [0.05, 0.1) is 28.9 Å². The summed E-state index contributed by atoms with van der Waals surface area (Å²) in [4.78, 5) is 28.0. The van der Waals surface area contributed by atoms with Crippen LogP contribution < -0.4 is 11.1 Å². The lowest BCUT2D eigenvalue weighted by molar-refractivity contribution is 0.0134. The number of carbonyl (C=O) groups is 2. The summed E-state index contributed by atoms with van der Waals surface area (Å²) in [7, 11) is 0. The molecule has 0 aliphatic carbocycles. The second-order valence-corrected chi connectivity index (χ2v) is 7.48. The Morgan fingerprint density at radius 3 is 2.50 bits per heavy atom. The average molecular weight is 434 g/mol. The third-order valence-electron chi connectivity index (χ3n) is 5.75. The van der Waals surface area contributed by atoms with E-state index >= 15 is 0 Å². The van der Waals surface area contributed by atoms with E-state index in [4.69, 9.17) is 10.5 Å². The van der Waals surface area contributed by atoms with E-state index in [1.807, 2.05) is 0 Å². The molecule has 0 unspecified atom stereocenters. The number of H-pyrrole nitrogens is 1. The Morgan fingerprint density at radius 1 is 1.07 bits per heavy atom. The molecule has 2 amide bonds. The predicted molar refractivity (Wildman–Crippen MR) is 110 cm³/mol. The molecule has 30 heavy (non-hydrogen) atoms. The number of amides is 2. The van der Waals surface area contributed by atoms with Crippen molar-refractivity contribution in [2.75, 3.05) is 6.54 Å². The Labute approximate surface area is 176 Å². The maximum atomic E-state index is 12.4. The minimum Gasteiger partial charge on any atom is -0.508 e. The lowest BCUT2D eigenvalue weighted by Gasteiger charge is -2.16. The minimum atomic E-state index is -1.13. The topological polar surface area (TPSA) is 158 Å². The van der Waals surface area contributed by atoms with Gasteiger partial charge in [0.1, 0.15) is 18.0 Å². The van der Waals surface area contributed by atoms with Crippen LogP contribution in [0, 0.1) is 0 Å². The van der Waals surface area contributed by atoms with Crippen LogP contribution in [0.4, 0.5) is 0 Å². The van der Waals surface area contributed by atoms with Crippen molar-refractivity contribution in [1.29, 1.82) is 0 Å². The highest BCUT2D eigenvalue weighted by Gasteiger charge is 2.42. The molecular weight excluding hydrogens is 414 g/mol. The number of nitrogens with two attached hydrogens (primary N) is 1. The van der Waals surface area contributed by atoms with E-state index in [1.54, 1.807) is 12.1 Å². The third-order valence-corrected chi connectivity index (χ3v) is 5.75. The average Bonchev–Trinajstić information content (AvgIpc) is 3.29. The predicted octanol–water partition coefficient (Wildman–Crippen LogP) is 0.322. The van der Waals surface area contributed by atoms with Crippen molar-refractivity contribution < 1.29 is 29.6 Å². The molecule has 5 rings (SSSR count). The number of benzene rings is 2. The standard InChI is InChI=1S/C20H19N3O6.ClH/c21-6-13-18(26)17(25)12(29-13)4-7-3-10-15(20(28)23-19(10)27)14-9-5-8(24)1-2-11(9)22-16(7)14;/h1-3,5,12-13,17-18,22,24-26H,4,6,21H2,(H,23,27,28);1H/t12-,13+,17-,18+;/m0./s1. The van der Waals surface area contributed by atoms with Crippen molar-refractivity contribution in [3.63, 3.8) is 0 Å². The fraction of sp³-hybridized carbons (Fsp3) is 0.300. The zero-order valence-corrected chi connectivity index (χ0v) is 16.4. The molecule has 4 atom stereocenters. The lowest BCUT2D eigenvalue weighted by atomic mass is 9.94. The zero-order chi connectivity index (χ0) is 20.4. The Bertz CT molecular complexity index is 1190. The molecule has 158 valence electrons. The second-order valence-electron chi connectivity index (χ2n) is 7.48. The van der Waals surface area contributed by atoms with E-state index in [-0.39, 0.29) is 42.2 Å². The van der Waals surface area contributed by atoms with E-state index in [0.717, 1.165) is 0 Å². The van der Waals surface area contributed by atoms with Crippen LogP contribution in [0.15, 0.2) is 24.3 Å². The minimum absolute atomic E-state index is 0. The summed E-state index contributed by atoms with van der Waals surface area (Å²) < 4.78 is 5.70. The van der Waals surface area contributed by atoms with E-state index in [0.29, 0.717) is 27.4 Å². The van der Waals surface area contributed by atoms with Crippen LogP contribution in [0.25, 0.3) is 21.8 Å². The number of aromatic nitrogens is 1. The van der Waals surface area contributed by atoms with Crippen LogP contribution in [0.5, 0.6) is 5.75 Å². The summed E-state index contributed by atoms with van der Waals surface area (Å²) in [6.45, 7) is 0.0664. The fourth-order valence-corrected chi connectivity index (χ4v) is 4.35. The molecule has 0 bridgehead atoms. The van der Waals surface area contributed by atoms with Gasteiger partial charge in [-0.1, -0.05) is 0 Å². The van der Waals surface area contributed by atoms with Crippen LogP contribution in [0.3, 0.4) is 0 Å². The van der Waals surface area contributed by atoms with E-state index in [2.05, 4.69) is 10.3 Å². The first-order valence-electron chi connectivity index (χ1n) is 9.26. The molecule has 7 N–H and O–H groups in total. The first-order valence-corrected chi connectivity index (χ1v) is 9.26. The van der Waals surface area contributed by atoms with Gasteiger partial charge in [-0.3, -0.25) is 14.9 Å². The molecular formula is C20H20ClN3O6. The van der Waals surface area contributed by atoms with E-state index in [1.165, 1.54) is 12.1 Å². The van der Waals surface area contributed by atoms with Crippen molar-refractivity contribution in [1.82, 2.24) is 10.3 Å². The number of imide groups is 1. The van der Waals surface area contributed by atoms with Crippen LogP contribution in [0.1, 0.15) is 26.3 Å². The normalized spacial score (nSPS) is 25.6. The summed E-state index contributed by atoms with van der Waals surface area (Å²) in [6.07, 6.45) is -3.43. The van der Waals surface area contributed by atoms with Crippen molar-refractivity contribution in [3.8, 4) is 5.75 Å². The molecule has 2 aromatic carbocycles. The van der Waals surface area contributed by atoms with Gasteiger partial charge >= 0.3 is 0 Å². The first kappa shape index (κ1) is 20.6. The molecule has 0 radical (unpaired) electrons. The Morgan fingerprint density at radius 2 is 1.80 bits per heavy atom. The lowest BCUT2D eigenvalue weighted by Crippen LogP contribution is -2.36. The van der Waals surface area contributed by atoms with Gasteiger partial charge in [0, 0.05) is 29.3 Å². The molecule has 3 heterocycles. The second kappa shape index (κ2) is 7.22. The largest absolute Gasteiger partial charge is 0.508 e. The molecule has 3 aromatic rings. The monoisotopic (exact) mass is 433 g/mol. The quantitative estimate of drug-likeness (QED) is 0.324. The van der Waals surface area contributed by atoms with Gasteiger partial charge < -0.3 is 30.8 Å². The highest BCUT2D eigenvalue weighted by atomic mass is 35.5. The number of nitrogens with one attached hydrogen (secondary N) is 2. The number of hydrogen-bond acceptors (Lipinski definition) is 7. The fourth-order valence-electron chi connectivity index (χ4n) is 4.35. The maximum absolute atomic E-state index is 12.4. The number of phenols is 1. The van der Waals surface area contributed by atoms with Gasteiger partial charge in [0.2, 0.25) is 0 Å². The number of hydrogen-bond donors (Lipinski definition) is 6. The first-order chi connectivity index (χ1) is 13.9. The molecule has 9 nitrogen and oxygen atoms in total. The highest BCUT2D eigenvalue weighted by molar-refractivity contribution is 6.30. The van der Waals surface area contributed by atoms with Crippen LogP contribution in [0.2, 0.25) is 0 Å². The van der Waals surface area contributed by atoms with Crippen LogP contribution in [-0.2, 0) is 11.2 Å². The highest BCUT2D eigenvalue weighted by Crippen LogP contribution is 2.37. The van der Waals surface area contributed by atoms with Gasteiger partial charge in [0.15, 0.2) is 0 Å². The zero-order valence-electron chi connectivity index (χ0n) is 15.6. The summed E-state index contributed by atoms with van der Waals surface area (Å²) in [6, 6.07) is 6.34. The number of ether oxygens (including phenoxy) is 1. The number of fused-ring (bicyclic) bond motifs is 5. The number of aliphatic hydroxyl groups is 2. The molecule has 10 heteroatoms. The maximum Gasteiger partial charge on any atom is 0.259 e. The SMILES string of the molecule is Cl.NC[C@H]1O[C@@H](Cc2cc3c(c4c2[nH]c2ccc(O)cc24)C(=O)NC3=O)[C@H](O)[C@@H]1O. The Balaban J connectivity index is 0.00000218. The summed E-state index contributed by atoms with van der Waals surface area (Å²) in [5, 5.41) is 33.8. The van der Waals surface area contributed by atoms with Crippen molar-refractivity contribution in [3.05, 3.63) is 41.0 Å². The number of aromatic amines is 1. The number of aliphatic hydroxyl groups excluding tert-OH is 2. The van der Waals surface area contributed by atoms with E-state index < -0.39 is 36.2 Å². The number of phenolic OH excluding ortho intramolecular Hbond substituents is 1. The number of halogens is 1. The van der Waals surface area contributed by atoms with Gasteiger partial charge in [0.25, 0.3) is 11.8 Å². The van der Waals surface area contributed by atoms with Crippen molar-refractivity contribution >= 4 is 46.0 Å². The van der Waals surface area contributed by atoms with Gasteiger partial charge in [-0.25, -0.2) is 0 Å². The molecule has 1 saturated heterocycles. The number of rotatable bonds is 3. The molecule has 2 aliphatic rings. The third kappa shape index (κ3) is 2.86. The van der Waals surface area contributed by atoms with Crippen LogP contribution in [-0.4, -0.2) is 63.1 Å². The molecule has 0 spiro atoms.